The molecule has 172 valence electrons. The topological polar surface area (TPSA) is 88.9 Å². The highest BCUT2D eigenvalue weighted by Gasteiger charge is 2.21. The van der Waals surface area contributed by atoms with Crippen molar-refractivity contribution in [3.05, 3.63) is 82.9 Å². The van der Waals surface area contributed by atoms with Crippen LogP contribution in [0.4, 0.5) is 10.1 Å². The highest BCUT2D eigenvalue weighted by molar-refractivity contribution is 7.99. The summed E-state index contributed by atoms with van der Waals surface area (Å²) in [7, 11) is 0. The van der Waals surface area contributed by atoms with Crippen molar-refractivity contribution in [1.29, 1.82) is 0 Å². The molecule has 0 saturated carbocycles. The molecule has 0 fully saturated rings. The van der Waals surface area contributed by atoms with Gasteiger partial charge in [0.1, 0.15) is 5.82 Å². The van der Waals surface area contributed by atoms with E-state index in [4.69, 9.17) is 11.6 Å². The van der Waals surface area contributed by atoms with Crippen molar-refractivity contribution in [1.82, 2.24) is 20.1 Å². The summed E-state index contributed by atoms with van der Waals surface area (Å²) in [5.74, 6) is -0.793. The first-order chi connectivity index (χ1) is 15.8. The number of anilines is 1. The molecule has 2 N–H and O–H groups in total. The molecule has 33 heavy (non-hydrogen) atoms. The van der Waals surface area contributed by atoms with Crippen LogP contribution in [0.3, 0.4) is 0 Å². The Morgan fingerprint density at radius 3 is 2.73 bits per heavy atom. The van der Waals surface area contributed by atoms with Crippen LogP contribution in [-0.4, -0.2) is 32.3 Å². The lowest BCUT2D eigenvalue weighted by molar-refractivity contribution is -0.113. The van der Waals surface area contributed by atoms with E-state index < -0.39 is 17.8 Å². The molecule has 0 radical (unpaired) electrons. The summed E-state index contributed by atoms with van der Waals surface area (Å²) in [4.78, 5) is 24.9. The van der Waals surface area contributed by atoms with Crippen molar-refractivity contribution in [2.75, 3.05) is 11.1 Å². The van der Waals surface area contributed by atoms with Gasteiger partial charge in [0.15, 0.2) is 11.0 Å². The third-order valence-corrected chi connectivity index (χ3v) is 5.91. The Kier molecular flexibility index (Phi) is 8.24. The Morgan fingerprint density at radius 1 is 1.27 bits per heavy atom. The minimum Gasteiger partial charge on any atom is -0.342 e. The van der Waals surface area contributed by atoms with Gasteiger partial charge < -0.3 is 15.2 Å². The number of amides is 2. The fourth-order valence-corrected chi connectivity index (χ4v) is 4.08. The van der Waals surface area contributed by atoms with Crippen LogP contribution < -0.4 is 10.6 Å². The molecule has 0 aliphatic heterocycles. The molecule has 0 aliphatic rings. The standard InChI is InChI=1S/C23H23ClFN5O2S/c1-4-11-30-21(15(3)26-22(32)17-7-5-6-8-18(17)25)28-29-23(30)33-13-20(31)27-19-10-9-16(24)12-14(19)2/h4-10,12,15H,1,11,13H2,2-3H3,(H,26,32)(H,27,31)/t15-/m0/s1. The average Bonchev–Trinajstić information content (AvgIpc) is 3.17. The van der Waals surface area contributed by atoms with Crippen LogP contribution in [0.1, 0.15) is 34.7 Å². The van der Waals surface area contributed by atoms with Gasteiger partial charge in [-0.15, -0.1) is 16.8 Å². The van der Waals surface area contributed by atoms with E-state index in [-0.39, 0.29) is 17.2 Å². The fraction of sp³-hybridized carbons (Fsp3) is 0.217. The van der Waals surface area contributed by atoms with Gasteiger partial charge in [-0.2, -0.15) is 0 Å². The maximum Gasteiger partial charge on any atom is 0.254 e. The summed E-state index contributed by atoms with van der Waals surface area (Å²) in [5, 5.41) is 15.0. The number of aromatic nitrogens is 3. The van der Waals surface area contributed by atoms with Crippen LogP contribution in [0.25, 0.3) is 0 Å². The monoisotopic (exact) mass is 487 g/mol. The minimum atomic E-state index is -0.604. The number of nitrogens with one attached hydrogen (secondary N) is 2. The van der Waals surface area contributed by atoms with Gasteiger partial charge in [0.05, 0.1) is 17.4 Å². The number of nitrogens with zero attached hydrogens (tertiary/aromatic N) is 3. The van der Waals surface area contributed by atoms with Crippen molar-refractivity contribution in [3.8, 4) is 0 Å². The number of thioether (sulfide) groups is 1. The summed E-state index contributed by atoms with van der Waals surface area (Å²) >= 11 is 7.17. The summed E-state index contributed by atoms with van der Waals surface area (Å²) in [6.07, 6.45) is 1.67. The fourth-order valence-electron chi connectivity index (χ4n) is 3.10. The number of hydrogen-bond acceptors (Lipinski definition) is 5. The van der Waals surface area contributed by atoms with Crippen molar-refractivity contribution >= 4 is 40.9 Å². The normalized spacial score (nSPS) is 11.6. The molecule has 0 unspecified atom stereocenters. The van der Waals surface area contributed by atoms with Crippen LogP contribution in [0.2, 0.25) is 5.02 Å². The first-order valence-corrected chi connectivity index (χ1v) is 11.4. The Balaban J connectivity index is 1.68. The van der Waals surface area contributed by atoms with Gasteiger partial charge in [-0.1, -0.05) is 41.6 Å². The molecule has 10 heteroatoms. The quantitative estimate of drug-likeness (QED) is 0.335. The van der Waals surface area contributed by atoms with Crippen molar-refractivity contribution < 1.29 is 14.0 Å². The zero-order valence-corrected chi connectivity index (χ0v) is 19.7. The van der Waals surface area contributed by atoms with Gasteiger partial charge in [-0.25, -0.2) is 4.39 Å². The molecule has 2 amide bonds. The lowest BCUT2D eigenvalue weighted by Gasteiger charge is -2.15. The predicted octanol–water partition coefficient (Wildman–Crippen LogP) is 4.79. The van der Waals surface area contributed by atoms with Crippen LogP contribution in [0.15, 0.2) is 60.3 Å². The maximum absolute atomic E-state index is 13.9. The number of carbonyl (C=O) groups is 2. The summed E-state index contributed by atoms with van der Waals surface area (Å²) in [5.41, 5.74) is 1.49. The minimum absolute atomic E-state index is 0.0529. The zero-order valence-electron chi connectivity index (χ0n) is 18.1. The first-order valence-electron chi connectivity index (χ1n) is 10.1. The lowest BCUT2D eigenvalue weighted by Crippen LogP contribution is -2.29. The Labute approximate surface area is 200 Å². The van der Waals surface area contributed by atoms with Gasteiger partial charge >= 0.3 is 0 Å². The molecular formula is C23H23ClFN5O2S. The number of rotatable bonds is 9. The number of carbonyl (C=O) groups excluding carboxylic acids is 2. The molecule has 0 saturated heterocycles. The average molecular weight is 488 g/mol. The molecule has 2 aromatic carbocycles. The predicted molar refractivity (Wildman–Crippen MR) is 128 cm³/mol. The van der Waals surface area contributed by atoms with E-state index in [1.54, 1.807) is 41.8 Å². The smallest absolute Gasteiger partial charge is 0.254 e. The molecule has 1 heterocycles. The van der Waals surface area contributed by atoms with E-state index in [9.17, 15) is 14.0 Å². The molecule has 0 spiro atoms. The number of hydrogen-bond donors (Lipinski definition) is 2. The van der Waals surface area contributed by atoms with Gasteiger partial charge in [-0.05, 0) is 49.7 Å². The van der Waals surface area contributed by atoms with E-state index in [1.165, 1.54) is 30.0 Å². The van der Waals surface area contributed by atoms with Gasteiger partial charge in [0.25, 0.3) is 5.91 Å². The zero-order chi connectivity index (χ0) is 24.0. The van der Waals surface area contributed by atoms with E-state index in [1.807, 2.05) is 6.92 Å². The molecule has 1 aromatic heterocycles. The van der Waals surface area contributed by atoms with Gasteiger partial charge in [0, 0.05) is 17.3 Å². The SMILES string of the molecule is C=CCn1c(SCC(=O)Nc2ccc(Cl)cc2C)nnc1[C@H](C)NC(=O)c1ccccc1F. The molecular weight excluding hydrogens is 465 g/mol. The molecule has 0 bridgehead atoms. The van der Waals surface area contributed by atoms with Crippen molar-refractivity contribution in [2.24, 2.45) is 0 Å². The second-order valence-corrected chi connectivity index (χ2v) is 8.59. The van der Waals surface area contributed by atoms with E-state index in [2.05, 4.69) is 27.4 Å². The highest BCUT2D eigenvalue weighted by atomic mass is 35.5. The van der Waals surface area contributed by atoms with Crippen molar-refractivity contribution in [2.45, 2.75) is 31.6 Å². The molecule has 3 aromatic rings. The second-order valence-electron chi connectivity index (χ2n) is 7.21. The largest absolute Gasteiger partial charge is 0.342 e. The van der Waals surface area contributed by atoms with Crippen LogP contribution >= 0.6 is 23.4 Å². The van der Waals surface area contributed by atoms with Crippen LogP contribution in [-0.2, 0) is 11.3 Å². The third kappa shape index (κ3) is 6.21. The van der Waals surface area contributed by atoms with E-state index in [0.717, 1.165) is 5.56 Å². The van der Waals surface area contributed by atoms with E-state index >= 15 is 0 Å². The maximum atomic E-state index is 13.9. The number of benzene rings is 2. The number of allylic oxidation sites excluding steroid dienone is 1. The summed E-state index contributed by atoms with van der Waals surface area (Å²) in [6.45, 7) is 7.72. The first kappa shape index (κ1) is 24.5. The molecule has 0 aliphatic carbocycles. The van der Waals surface area contributed by atoms with Crippen LogP contribution in [0, 0.1) is 12.7 Å². The number of aryl methyl sites for hydroxylation is 1. The third-order valence-electron chi connectivity index (χ3n) is 4.71. The Bertz CT molecular complexity index is 1180. The number of halogens is 2. The lowest BCUT2D eigenvalue weighted by atomic mass is 10.2. The van der Waals surface area contributed by atoms with Crippen LogP contribution in [0.5, 0.6) is 0 Å². The summed E-state index contributed by atoms with van der Waals surface area (Å²) < 4.78 is 15.7. The van der Waals surface area contributed by atoms with Gasteiger partial charge in [0.2, 0.25) is 5.91 Å². The van der Waals surface area contributed by atoms with Crippen molar-refractivity contribution in [3.63, 3.8) is 0 Å². The van der Waals surface area contributed by atoms with Gasteiger partial charge in [-0.3, -0.25) is 9.59 Å². The Hall–Kier alpha value is -3.17. The molecule has 1 atom stereocenters. The second kappa shape index (κ2) is 11.1. The Morgan fingerprint density at radius 2 is 2.03 bits per heavy atom. The molecule has 7 nitrogen and oxygen atoms in total. The molecule has 3 rings (SSSR count). The highest BCUT2D eigenvalue weighted by Crippen LogP contribution is 2.23. The summed E-state index contributed by atoms with van der Waals surface area (Å²) in [6, 6.07) is 10.4. The van der Waals surface area contributed by atoms with E-state index in [0.29, 0.717) is 28.2 Å².